The molecule has 0 aromatic carbocycles. The van der Waals surface area contributed by atoms with Crippen LogP contribution in [-0.2, 0) is 13.1 Å². The summed E-state index contributed by atoms with van der Waals surface area (Å²) in [6.45, 7) is 7.29. The van der Waals surface area contributed by atoms with Gasteiger partial charge in [-0.1, -0.05) is 0 Å². The lowest BCUT2D eigenvalue weighted by Gasteiger charge is -2.35. The summed E-state index contributed by atoms with van der Waals surface area (Å²) < 4.78 is 3.33. The van der Waals surface area contributed by atoms with E-state index in [1.807, 2.05) is 11.5 Å². The van der Waals surface area contributed by atoms with Crippen LogP contribution in [0.25, 0.3) is 0 Å². The molecule has 0 bridgehead atoms. The van der Waals surface area contributed by atoms with Gasteiger partial charge in [0.2, 0.25) is 0 Å². The first-order valence-electron chi connectivity index (χ1n) is 9.68. The van der Waals surface area contributed by atoms with Crippen LogP contribution in [-0.4, -0.2) is 57.0 Å². The average molecular weight is 370 g/mol. The molecule has 8 nitrogen and oxygen atoms in total. The van der Waals surface area contributed by atoms with E-state index in [4.69, 9.17) is 0 Å². The summed E-state index contributed by atoms with van der Waals surface area (Å²) in [7, 11) is 0. The molecular formula is C19H26N6O2. The first kappa shape index (κ1) is 17.9. The molecule has 8 heteroatoms. The molecule has 1 aliphatic carbocycles. The van der Waals surface area contributed by atoms with Crippen molar-refractivity contribution in [1.82, 2.24) is 24.2 Å². The Hall–Kier alpha value is -2.48. The second-order valence-electron chi connectivity index (χ2n) is 7.52. The molecular weight excluding hydrogens is 344 g/mol. The van der Waals surface area contributed by atoms with Gasteiger partial charge in [0, 0.05) is 57.7 Å². The second-order valence-corrected chi connectivity index (χ2v) is 7.52. The van der Waals surface area contributed by atoms with E-state index in [1.54, 1.807) is 24.5 Å². The van der Waals surface area contributed by atoms with Crippen LogP contribution in [0.2, 0.25) is 0 Å². The summed E-state index contributed by atoms with van der Waals surface area (Å²) in [6, 6.07) is 3.30. The maximum atomic E-state index is 12.7. The summed E-state index contributed by atoms with van der Waals surface area (Å²) in [5.74, 6) is 1.22. The van der Waals surface area contributed by atoms with Gasteiger partial charge in [0.15, 0.2) is 5.82 Å². The lowest BCUT2D eigenvalue weighted by atomic mass is 10.3. The van der Waals surface area contributed by atoms with Gasteiger partial charge in [0.05, 0.1) is 12.2 Å². The van der Waals surface area contributed by atoms with Crippen molar-refractivity contribution >= 4 is 5.82 Å². The molecule has 1 saturated carbocycles. The van der Waals surface area contributed by atoms with Crippen molar-refractivity contribution in [3.63, 3.8) is 0 Å². The molecule has 2 fully saturated rings. The van der Waals surface area contributed by atoms with Crippen LogP contribution in [0, 0.1) is 12.8 Å². The number of hydrogen-bond donors (Lipinski definition) is 0. The predicted octanol–water partition coefficient (Wildman–Crippen LogP) is 0.341. The van der Waals surface area contributed by atoms with Gasteiger partial charge in [-0.25, -0.2) is 9.67 Å². The minimum atomic E-state index is -0.0658. The number of piperazine rings is 1. The summed E-state index contributed by atoms with van der Waals surface area (Å²) >= 11 is 0. The van der Waals surface area contributed by atoms with Crippen molar-refractivity contribution in [1.29, 1.82) is 0 Å². The van der Waals surface area contributed by atoms with E-state index in [2.05, 4.69) is 19.9 Å². The smallest absolute Gasteiger partial charge is 0.293 e. The van der Waals surface area contributed by atoms with Gasteiger partial charge in [0.25, 0.3) is 11.1 Å². The lowest BCUT2D eigenvalue weighted by molar-refractivity contribution is 0.241. The molecule has 0 unspecified atom stereocenters. The topological polar surface area (TPSA) is 76.3 Å². The van der Waals surface area contributed by atoms with Gasteiger partial charge in [-0.3, -0.25) is 14.5 Å². The zero-order chi connectivity index (χ0) is 18.8. The highest BCUT2D eigenvalue weighted by atomic mass is 16.1. The molecule has 0 N–H and O–H groups in total. The standard InChI is InChI=1S/C19H26N6O2/c1-15-2-5-17(26)25(21-15)13-10-22-8-11-23(12-9-22)18-19(27)24(7-6-20-18)14-16-3-4-16/h2,5-7,16H,3-4,8-14H2,1H3. The molecule has 0 amide bonds. The van der Waals surface area contributed by atoms with Gasteiger partial charge in [-0.2, -0.15) is 5.10 Å². The quantitative estimate of drug-likeness (QED) is 0.730. The number of aryl methyl sites for hydroxylation is 1. The molecule has 144 valence electrons. The Labute approximate surface area is 158 Å². The van der Waals surface area contributed by atoms with E-state index in [-0.39, 0.29) is 11.1 Å². The van der Waals surface area contributed by atoms with Crippen LogP contribution >= 0.6 is 0 Å². The van der Waals surface area contributed by atoms with Gasteiger partial charge in [-0.05, 0) is 31.7 Å². The van der Waals surface area contributed by atoms with Crippen molar-refractivity contribution in [2.24, 2.45) is 5.92 Å². The van der Waals surface area contributed by atoms with E-state index < -0.39 is 0 Å². The fourth-order valence-corrected chi connectivity index (χ4v) is 3.51. The Bertz CT molecular complexity index is 909. The van der Waals surface area contributed by atoms with Crippen LogP contribution in [0.3, 0.4) is 0 Å². The van der Waals surface area contributed by atoms with E-state index in [0.717, 1.165) is 45.0 Å². The maximum Gasteiger partial charge on any atom is 0.293 e. The van der Waals surface area contributed by atoms with E-state index in [0.29, 0.717) is 18.3 Å². The Morgan fingerprint density at radius 2 is 1.85 bits per heavy atom. The van der Waals surface area contributed by atoms with Crippen molar-refractivity contribution in [2.75, 3.05) is 37.6 Å². The molecule has 27 heavy (non-hydrogen) atoms. The third-order valence-electron chi connectivity index (χ3n) is 5.35. The van der Waals surface area contributed by atoms with Crippen LogP contribution in [0.5, 0.6) is 0 Å². The molecule has 4 rings (SSSR count). The highest BCUT2D eigenvalue weighted by Gasteiger charge is 2.24. The third kappa shape index (κ3) is 4.27. The van der Waals surface area contributed by atoms with Crippen LogP contribution in [0.4, 0.5) is 5.82 Å². The van der Waals surface area contributed by atoms with Gasteiger partial charge in [0.1, 0.15) is 0 Å². The number of rotatable bonds is 6. The highest BCUT2D eigenvalue weighted by molar-refractivity contribution is 5.36. The fraction of sp³-hybridized carbons (Fsp3) is 0.579. The predicted molar refractivity (Wildman–Crippen MR) is 103 cm³/mol. The minimum absolute atomic E-state index is 0.0216. The Balaban J connectivity index is 1.34. The molecule has 2 aliphatic rings. The molecule has 1 aliphatic heterocycles. The summed E-state index contributed by atoms with van der Waals surface area (Å²) in [6.07, 6.45) is 5.98. The normalized spacial score (nSPS) is 18.0. The van der Waals surface area contributed by atoms with E-state index >= 15 is 0 Å². The summed E-state index contributed by atoms with van der Waals surface area (Å²) in [4.78, 5) is 33.3. The fourth-order valence-electron chi connectivity index (χ4n) is 3.51. The first-order valence-corrected chi connectivity index (χ1v) is 9.68. The molecule has 3 heterocycles. The largest absolute Gasteiger partial charge is 0.349 e. The van der Waals surface area contributed by atoms with Crippen LogP contribution in [0.1, 0.15) is 18.5 Å². The minimum Gasteiger partial charge on any atom is -0.349 e. The second kappa shape index (κ2) is 7.64. The number of aromatic nitrogens is 4. The molecule has 1 saturated heterocycles. The Kier molecular flexibility index (Phi) is 5.07. The zero-order valence-electron chi connectivity index (χ0n) is 15.8. The van der Waals surface area contributed by atoms with Gasteiger partial charge < -0.3 is 9.47 Å². The Morgan fingerprint density at radius 1 is 1.07 bits per heavy atom. The van der Waals surface area contributed by atoms with Crippen molar-refractivity contribution < 1.29 is 0 Å². The monoisotopic (exact) mass is 370 g/mol. The van der Waals surface area contributed by atoms with Crippen molar-refractivity contribution in [3.05, 3.63) is 50.9 Å². The summed E-state index contributed by atoms with van der Waals surface area (Å²) in [5.41, 5.74) is 0.800. The zero-order valence-corrected chi connectivity index (χ0v) is 15.8. The maximum absolute atomic E-state index is 12.7. The van der Waals surface area contributed by atoms with Crippen LogP contribution in [0.15, 0.2) is 34.1 Å². The molecule has 2 aromatic rings. The number of nitrogens with zero attached hydrogens (tertiary/aromatic N) is 6. The Morgan fingerprint density at radius 3 is 2.59 bits per heavy atom. The molecule has 0 spiro atoms. The molecule has 0 radical (unpaired) electrons. The SMILES string of the molecule is Cc1ccc(=O)n(CCN2CCN(c3nccn(CC4CC4)c3=O)CC2)n1. The van der Waals surface area contributed by atoms with Crippen molar-refractivity contribution in [3.8, 4) is 0 Å². The highest BCUT2D eigenvalue weighted by Crippen LogP contribution is 2.30. The molecule has 2 aromatic heterocycles. The first-order chi connectivity index (χ1) is 13.1. The lowest BCUT2D eigenvalue weighted by Crippen LogP contribution is -2.49. The number of anilines is 1. The van der Waals surface area contributed by atoms with E-state index in [9.17, 15) is 9.59 Å². The van der Waals surface area contributed by atoms with Gasteiger partial charge in [-0.15, -0.1) is 0 Å². The van der Waals surface area contributed by atoms with Gasteiger partial charge >= 0.3 is 0 Å². The average Bonchev–Trinajstić information content (AvgIpc) is 3.49. The van der Waals surface area contributed by atoms with Crippen molar-refractivity contribution in [2.45, 2.75) is 32.9 Å². The third-order valence-corrected chi connectivity index (χ3v) is 5.35. The molecule has 0 atom stereocenters. The van der Waals surface area contributed by atoms with Crippen LogP contribution < -0.4 is 16.0 Å². The number of hydrogen-bond acceptors (Lipinski definition) is 6. The van der Waals surface area contributed by atoms with E-state index in [1.165, 1.54) is 17.5 Å². The summed E-state index contributed by atoms with van der Waals surface area (Å²) in [5, 5.41) is 4.28.